The quantitative estimate of drug-likeness (QED) is 0.582. The Labute approximate surface area is 166 Å². The maximum atomic E-state index is 13.9. The number of halogens is 1. The van der Waals surface area contributed by atoms with Gasteiger partial charge in [-0.15, -0.1) is 0 Å². The largest absolute Gasteiger partial charge is 0.348 e. The molecule has 0 fully saturated rings. The summed E-state index contributed by atoms with van der Waals surface area (Å²) in [5.41, 5.74) is 3.62. The monoisotopic (exact) mass is 389 g/mol. The molecule has 0 radical (unpaired) electrons. The first-order chi connectivity index (χ1) is 14.1. The maximum absolute atomic E-state index is 13.9. The number of carbonyl (C=O) groups is 1. The van der Waals surface area contributed by atoms with Crippen LogP contribution in [-0.4, -0.2) is 14.9 Å². The van der Waals surface area contributed by atoms with Gasteiger partial charge in [-0.25, -0.2) is 4.39 Å². The first-order valence-electron chi connectivity index (χ1n) is 9.78. The van der Waals surface area contributed by atoms with E-state index in [1.54, 1.807) is 28.8 Å². The number of nitrogens with zero attached hydrogens (tertiary/aromatic N) is 2. The average molecular weight is 389 g/mol. The molecular formula is C23H20FN3O2. The van der Waals surface area contributed by atoms with Crippen LogP contribution in [-0.2, 0) is 17.8 Å². The van der Waals surface area contributed by atoms with Crippen molar-refractivity contribution >= 4 is 22.5 Å². The van der Waals surface area contributed by atoms with Gasteiger partial charge < -0.3 is 9.72 Å². The van der Waals surface area contributed by atoms with E-state index in [2.05, 4.69) is 11.4 Å². The zero-order valence-corrected chi connectivity index (χ0v) is 15.8. The maximum Gasteiger partial charge on any atom is 0.275 e. The van der Waals surface area contributed by atoms with Gasteiger partial charge in [0, 0.05) is 6.20 Å². The minimum atomic E-state index is -0.446. The summed E-state index contributed by atoms with van der Waals surface area (Å²) >= 11 is 0. The minimum absolute atomic E-state index is 0.0665. The standard InChI is InChI=1S/C23H20FN3O2/c24-16-10-11-19-21(13-16)27(23(29)20-9-4-12-26(19)20)14-22(28)25-18-8-3-6-15-5-1-2-7-17(15)18/h1-2,4-5,7,9-13,18H,3,6,8,14H2,(H,25,28). The molecule has 2 aromatic heterocycles. The van der Waals surface area contributed by atoms with Gasteiger partial charge in [0.25, 0.3) is 5.56 Å². The summed E-state index contributed by atoms with van der Waals surface area (Å²) in [6.45, 7) is -0.154. The highest BCUT2D eigenvalue weighted by molar-refractivity contribution is 5.83. The number of hydrogen-bond donors (Lipinski definition) is 1. The van der Waals surface area contributed by atoms with Gasteiger partial charge in [-0.05, 0) is 60.7 Å². The number of hydrogen-bond acceptors (Lipinski definition) is 2. The molecule has 5 nitrogen and oxygen atoms in total. The predicted molar refractivity (Wildman–Crippen MR) is 109 cm³/mol. The Balaban J connectivity index is 1.52. The van der Waals surface area contributed by atoms with Crippen LogP contribution in [0.3, 0.4) is 0 Å². The molecule has 1 aliphatic rings. The molecule has 1 N–H and O–H groups in total. The van der Waals surface area contributed by atoms with Gasteiger partial charge in [0.2, 0.25) is 5.91 Å². The Morgan fingerprint density at radius 1 is 1.07 bits per heavy atom. The third-order valence-electron chi connectivity index (χ3n) is 5.71. The molecule has 0 aliphatic heterocycles. The van der Waals surface area contributed by atoms with E-state index >= 15 is 0 Å². The summed E-state index contributed by atoms with van der Waals surface area (Å²) in [6, 6.07) is 15.8. The van der Waals surface area contributed by atoms with Crippen LogP contribution < -0.4 is 10.9 Å². The fraction of sp³-hybridized carbons (Fsp3) is 0.217. The lowest BCUT2D eigenvalue weighted by atomic mass is 9.88. The van der Waals surface area contributed by atoms with E-state index in [1.165, 1.54) is 22.3 Å². The Morgan fingerprint density at radius 2 is 1.93 bits per heavy atom. The summed E-state index contributed by atoms with van der Waals surface area (Å²) in [5.74, 6) is -0.700. The van der Waals surface area contributed by atoms with Crippen LogP contribution in [0.25, 0.3) is 16.6 Å². The van der Waals surface area contributed by atoms with Crippen molar-refractivity contribution in [2.24, 2.45) is 0 Å². The van der Waals surface area contributed by atoms with Gasteiger partial charge in [0.05, 0.1) is 17.1 Å². The van der Waals surface area contributed by atoms with Gasteiger partial charge in [-0.1, -0.05) is 24.3 Å². The molecule has 0 spiro atoms. The molecule has 4 aromatic rings. The number of aryl methyl sites for hydroxylation is 1. The highest BCUT2D eigenvalue weighted by Crippen LogP contribution is 2.29. The highest BCUT2D eigenvalue weighted by Gasteiger charge is 2.22. The van der Waals surface area contributed by atoms with E-state index in [-0.39, 0.29) is 24.1 Å². The van der Waals surface area contributed by atoms with Gasteiger partial charge >= 0.3 is 0 Å². The molecule has 0 bridgehead atoms. The van der Waals surface area contributed by atoms with E-state index < -0.39 is 5.82 Å². The Hall–Kier alpha value is -3.41. The lowest BCUT2D eigenvalue weighted by Crippen LogP contribution is -2.36. The van der Waals surface area contributed by atoms with Gasteiger partial charge in [-0.2, -0.15) is 0 Å². The predicted octanol–water partition coefficient (Wildman–Crippen LogP) is 3.59. The number of carbonyl (C=O) groups excluding carboxylic acids is 1. The molecule has 6 heteroatoms. The smallest absolute Gasteiger partial charge is 0.275 e. The normalized spacial score (nSPS) is 16.1. The van der Waals surface area contributed by atoms with Crippen molar-refractivity contribution in [3.63, 3.8) is 0 Å². The lowest BCUT2D eigenvalue weighted by Gasteiger charge is -2.26. The zero-order chi connectivity index (χ0) is 20.0. The van der Waals surface area contributed by atoms with Gasteiger partial charge in [-0.3, -0.25) is 14.2 Å². The zero-order valence-electron chi connectivity index (χ0n) is 15.8. The number of nitrogens with one attached hydrogen (secondary N) is 1. The van der Waals surface area contributed by atoms with Crippen molar-refractivity contribution in [1.29, 1.82) is 0 Å². The van der Waals surface area contributed by atoms with Crippen molar-refractivity contribution in [2.75, 3.05) is 0 Å². The summed E-state index contributed by atoms with van der Waals surface area (Å²) in [6.07, 6.45) is 4.65. The summed E-state index contributed by atoms with van der Waals surface area (Å²) in [7, 11) is 0. The van der Waals surface area contributed by atoms with Gasteiger partial charge in [0.15, 0.2) is 0 Å². The fourth-order valence-corrected chi connectivity index (χ4v) is 4.37. The number of rotatable bonds is 3. The Kier molecular flexibility index (Phi) is 4.19. The lowest BCUT2D eigenvalue weighted by molar-refractivity contribution is -0.122. The summed E-state index contributed by atoms with van der Waals surface area (Å²) < 4.78 is 17.0. The van der Waals surface area contributed by atoms with Crippen LogP contribution in [0.4, 0.5) is 4.39 Å². The molecule has 2 heterocycles. The number of amides is 1. The van der Waals surface area contributed by atoms with Crippen molar-refractivity contribution in [2.45, 2.75) is 31.8 Å². The van der Waals surface area contributed by atoms with Crippen molar-refractivity contribution in [3.8, 4) is 0 Å². The van der Waals surface area contributed by atoms with Crippen molar-refractivity contribution in [1.82, 2.24) is 14.3 Å². The van der Waals surface area contributed by atoms with Crippen LogP contribution in [0.2, 0.25) is 0 Å². The second-order valence-corrected chi connectivity index (χ2v) is 7.50. The molecule has 146 valence electrons. The number of benzene rings is 2. The van der Waals surface area contributed by atoms with Crippen molar-refractivity contribution < 1.29 is 9.18 Å². The molecule has 1 unspecified atom stereocenters. The van der Waals surface area contributed by atoms with Crippen LogP contribution >= 0.6 is 0 Å². The minimum Gasteiger partial charge on any atom is -0.348 e. The van der Waals surface area contributed by atoms with Crippen LogP contribution in [0, 0.1) is 5.82 Å². The topological polar surface area (TPSA) is 55.5 Å². The number of aromatic nitrogens is 2. The molecule has 2 aromatic carbocycles. The van der Waals surface area contributed by atoms with E-state index in [1.807, 2.05) is 18.2 Å². The van der Waals surface area contributed by atoms with Crippen LogP contribution in [0.15, 0.2) is 65.6 Å². The SMILES string of the molecule is O=C(Cn1c(=O)c2cccn2c2ccc(F)cc21)NC1CCCc2ccccc21. The van der Waals surface area contributed by atoms with E-state index in [0.29, 0.717) is 16.6 Å². The Bertz CT molecular complexity index is 1300. The second-order valence-electron chi connectivity index (χ2n) is 7.50. The third-order valence-corrected chi connectivity index (χ3v) is 5.71. The first kappa shape index (κ1) is 17.7. The van der Waals surface area contributed by atoms with E-state index in [4.69, 9.17) is 0 Å². The molecule has 1 aliphatic carbocycles. The van der Waals surface area contributed by atoms with Crippen LogP contribution in [0.5, 0.6) is 0 Å². The van der Waals surface area contributed by atoms with E-state index in [9.17, 15) is 14.0 Å². The molecule has 5 rings (SSSR count). The summed E-state index contributed by atoms with van der Waals surface area (Å²) in [4.78, 5) is 25.9. The first-order valence-corrected chi connectivity index (χ1v) is 9.78. The van der Waals surface area contributed by atoms with E-state index in [0.717, 1.165) is 24.8 Å². The van der Waals surface area contributed by atoms with Gasteiger partial charge in [0.1, 0.15) is 17.9 Å². The molecule has 0 saturated heterocycles. The average Bonchev–Trinajstić information content (AvgIpc) is 3.21. The Morgan fingerprint density at radius 3 is 2.83 bits per heavy atom. The fourth-order valence-electron chi connectivity index (χ4n) is 4.37. The molecule has 1 atom stereocenters. The third kappa shape index (κ3) is 3.01. The second kappa shape index (κ2) is 6.88. The number of fused-ring (bicyclic) bond motifs is 4. The molecule has 0 saturated carbocycles. The molecule has 29 heavy (non-hydrogen) atoms. The molecule has 1 amide bonds. The summed E-state index contributed by atoms with van der Waals surface area (Å²) in [5, 5.41) is 3.07. The van der Waals surface area contributed by atoms with Crippen LogP contribution in [0.1, 0.15) is 30.0 Å². The highest BCUT2D eigenvalue weighted by atomic mass is 19.1. The van der Waals surface area contributed by atoms with Crippen molar-refractivity contribution in [3.05, 3.63) is 88.1 Å². The molecular weight excluding hydrogens is 369 g/mol.